The second kappa shape index (κ2) is 5.89. The molecule has 2 saturated heterocycles. The lowest BCUT2D eigenvalue weighted by atomic mass is 9.73. The Hall–Kier alpha value is -2.43. The molecule has 1 aromatic heterocycles. The molecule has 5 heteroatoms. The summed E-state index contributed by atoms with van der Waals surface area (Å²) in [7, 11) is 0. The zero-order chi connectivity index (χ0) is 16.6. The smallest absolute Gasteiger partial charge is 0.228 e. The highest BCUT2D eigenvalue weighted by atomic mass is 16.2. The van der Waals surface area contributed by atoms with Crippen molar-refractivity contribution in [3.63, 3.8) is 0 Å². The van der Waals surface area contributed by atoms with E-state index in [1.807, 2.05) is 30.6 Å². The number of amides is 1. The molecular formula is C19H22N4O. The van der Waals surface area contributed by atoms with Crippen LogP contribution in [0.1, 0.15) is 30.4 Å². The molecule has 2 aliphatic heterocycles. The van der Waals surface area contributed by atoms with Crippen LogP contribution in [0.25, 0.3) is 0 Å². The van der Waals surface area contributed by atoms with E-state index < -0.39 is 0 Å². The van der Waals surface area contributed by atoms with Gasteiger partial charge >= 0.3 is 0 Å². The van der Waals surface area contributed by atoms with Crippen molar-refractivity contribution >= 4 is 11.9 Å². The predicted octanol–water partition coefficient (Wildman–Crippen LogP) is 2.15. The fourth-order valence-corrected chi connectivity index (χ4v) is 4.04. The van der Waals surface area contributed by atoms with Crippen molar-refractivity contribution < 1.29 is 4.79 Å². The third-order valence-corrected chi connectivity index (χ3v) is 5.44. The standard InChI is InChI=1S/C19H22N4O/c1-2-14-10-21-18(22-11-14)23-12-16(15-6-4-3-5-7-15)19(13-23)8-9-20-17(19)24/h3-7,10-11,16H,2,8-9,12-13H2,1H3,(H,20,24)/t16-,19+/m0/s1. The fourth-order valence-electron chi connectivity index (χ4n) is 4.04. The molecule has 0 aliphatic carbocycles. The highest BCUT2D eigenvalue weighted by molar-refractivity contribution is 5.87. The van der Waals surface area contributed by atoms with Gasteiger partial charge in [-0.15, -0.1) is 0 Å². The Morgan fingerprint density at radius 3 is 2.62 bits per heavy atom. The van der Waals surface area contributed by atoms with Crippen LogP contribution < -0.4 is 10.2 Å². The molecule has 24 heavy (non-hydrogen) atoms. The first kappa shape index (κ1) is 15.1. The second-order valence-electron chi connectivity index (χ2n) is 6.75. The Balaban J connectivity index is 1.69. The summed E-state index contributed by atoms with van der Waals surface area (Å²) in [4.78, 5) is 23.9. The van der Waals surface area contributed by atoms with E-state index in [1.54, 1.807) is 0 Å². The normalized spacial score (nSPS) is 26.1. The number of nitrogens with zero attached hydrogens (tertiary/aromatic N) is 3. The number of aryl methyl sites for hydroxylation is 1. The van der Waals surface area contributed by atoms with E-state index in [9.17, 15) is 4.79 Å². The van der Waals surface area contributed by atoms with Crippen LogP contribution in [0, 0.1) is 5.41 Å². The van der Waals surface area contributed by atoms with Crippen LogP contribution in [0.2, 0.25) is 0 Å². The third kappa shape index (κ3) is 2.35. The molecule has 2 aliphatic rings. The lowest BCUT2D eigenvalue weighted by Gasteiger charge is -2.27. The van der Waals surface area contributed by atoms with E-state index in [-0.39, 0.29) is 17.2 Å². The average Bonchev–Trinajstić information content (AvgIpc) is 3.20. The lowest BCUT2D eigenvalue weighted by molar-refractivity contribution is -0.127. The van der Waals surface area contributed by atoms with Crippen molar-refractivity contribution in [2.45, 2.75) is 25.7 Å². The Kier molecular flexibility index (Phi) is 3.71. The van der Waals surface area contributed by atoms with Gasteiger partial charge in [-0.25, -0.2) is 9.97 Å². The van der Waals surface area contributed by atoms with Crippen LogP contribution in [0.4, 0.5) is 5.95 Å². The number of benzene rings is 1. The first-order valence-corrected chi connectivity index (χ1v) is 8.62. The monoisotopic (exact) mass is 322 g/mol. The van der Waals surface area contributed by atoms with Gasteiger partial charge in [-0.2, -0.15) is 0 Å². The molecule has 0 bridgehead atoms. The SMILES string of the molecule is CCc1cnc(N2C[C@@H](c3ccccc3)[C@@]3(CCNC3=O)C2)nc1. The molecule has 1 amide bonds. The largest absolute Gasteiger partial charge is 0.356 e. The molecule has 5 nitrogen and oxygen atoms in total. The second-order valence-corrected chi connectivity index (χ2v) is 6.75. The first-order valence-electron chi connectivity index (χ1n) is 8.62. The van der Waals surface area contributed by atoms with Crippen molar-refractivity contribution in [2.24, 2.45) is 5.41 Å². The minimum absolute atomic E-state index is 0.170. The number of carbonyl (C=O) groups excluding carboxylic acids is 1. The van der Waals surface area contributed by atoms with Gasteiger partial charge in [0.1, 0.15) is 0 Å². The van der Waals surface area contributed by atoms with Crippen LogP contribution in [0.15, 0.2) is 42.7 Å². The molecule has 0 unspecified atom stereocenters. The number of rotatable bonds is 3. The molecule has 0 radical (unpaired) electrons. The highest BCUT2D eigenvalue weighted by Gasteiger charge is 2.55. The van der Waals surface area contributed by atoms with Gasteiger partial charge in [0.15, 0.2) is 0 Å². The minimum Gasteiger partial charge on any atom is -0.356 e. The molecule has 124 valence electrons. The van der Waals surface area contributed by atoms with Gasteiger partial charge in [-0.05, 0) is 24.0 Å². The summed E-state index contributed by atoms with van der Waals surface area (Å²) in [6, 6.07) is 10.4. The third-order valence-electron chi connectivity index (χ3n) is 5.44. The fraction of sp³-hybridized carbons (Fsp3) is 0.421. The highest BCUT2D eigenvalue weighted by Crippen LogP contribution is 2.48. The number of hydrogen-bond donors (Lipinski definition) is 1. The first-order chi connectivity index (χ1) is 11.7. The van der Waals surface area contributed by atoms with Gasteiger partial charge in [0.25, 0.3) is 0 Å². The number of aromatic nitrogens is 2. The van der Waals surface area contributed by atoms with Crippen LogP contribution in [0.5, 0.6) is 0 Å². The molecule has 2 fully saturated rings. The molecular weight excluding hydrogens is 300 g/mol. The van der Waals surface area contributed by atoms with Crippen LogP contribution in [0.3, 0.4) is 0 Å². The average molecular weight is 322 g/mol. The van der Waals surface area contributed by atoms with E-state index >= 15 is 0 Å². The molecule has 1 N–H and O–H groups in total. The summed E-state index contributed by atoms with van der Waals surface area (Å²) in [6.07, 6.45) is 5.58. The van der Waals surface area contributed by atoms with Crippen molar-refractivity contribution in [1.82, 2.24) is 15.3 Å². The Morgan fingerprint density at radius 2 is 2.00 bits per heavy atom. The lowest BCUT2D eigenvalue weighted by Crippen LogP contribution is -2.37. The number of carbonyl (C=O) groups is 1. The molecule has 1 spiro atoms. The molecule has 2 aromatic rings. The van der Waals surface area contributed by atoms with Gasteiger partial charge in [-0.1, -0.05) is 37.3 Å². The van der Waals surface area contributed by atoms with E-state index in [2.05, 4.69) is 39.2 Å². The van der Waals surface area contributed by atoms with Crippen molar-refractivity contribution in [2.75, 3.05) is 24.5 Å². The van der Waals surface area contributed by atoms with Gasteiger partial charge in [0.2, 0.25) is 11.9 Å². The zero-order valence-corrected chi connectivity index (χ0v) is 13.9. The van der Waals surface area contributed by atoms with Crippen molar-refractivity contribution in [3.05, 3.63) is 53.9 Å². The van der Waals surface area contributed by atoms with Crippen molar-refractivity contribution in [1.29, 1.82) is 0 Å². The van der Waals surface area contributed by atoms with Crippen LogP contribution in [-0.4, -0.2) is 35.5 Å². The van der Waals surface area contributed by atoms with E-state index in [0.29, 0.717) is 6.54 Å². The summed E-state index contributed by atoms with van der Waals surface area (Å²) in [5.41, 5.74) is 1.99. The topological polar surface area (TPSA) is 58.1 Å². The zero-order valence-electron chi connectivity index (χ0n) is 13.9. The molecule has 0 saturated carbocycles. The molecule has 1 aromatic carbocycles. The van der Waals surface area contributed by atoms with Gasteiger partial charge in [-0.3, -0.25) is 4.79 Å². The van der Waals surface area contributed by atoms with Crippen LogP contribution >= 0.6 is 0 Å². The maximum Gasteiger partial charge on any atom is 0.228 e. The summed E-state index contributed by atoms with van der Waals surface area (Å²) in [5.74, 6) is 1.07. The molecule has 3 heterocycles. The van der Waals surface area contributed by atoms with E-state index in [1.165, 1.54) is 5.56 Å². The minimum atomic E-state index is -0.367. The number of anilines is 1. The van der Waals surface area contributed by atoms with E-state index in [0.717, 1.165) is 37.4 Å². The summed E-state index contributed by atoms with van der Waals surface area (Å²) < 4.78 is 0. The maximum absolute atomic E-state index is 12.7. The number of hydrogen-bond acceptors (Lipinski definition) is 4. The van der Waals surface area contributed by atoms with Crippen LogP contribution in [-0.2, 0) is 11.2 Å². The predicted molar refractivity (Wildman–Crippen MR) is 92.9 cm³/mol. The maximum atomic E-state index is 12.7. The number of nitrogens with one attached hydrogen (secondary N) is 1. The van der Waals surface area contributed by atoms with Crippen molar-refractivity contribution in [3.8, 4) is 0 Å². The Bertz CT molecular complexity index is 731. The van der Waals surface area contributed by atoms with E-state index in [4.69, 9.17) is 0 Å². The van der Waals surface area contributed by atoms with Gasteiger partial charge < -0.3 is 10.2 Å². The van der Waals surface area contributed by atoms with Gasteiger partial charge in [0, 0.05) is 37.9 Å². The summed E-state index contributed by atoms with van der Waals surface area (Å²) in [6.45, 7) is 4.32. The Morgan fingerprint density at radius 1 is 1.25 bits per heavy atom. The van der Waals surface area contributed by atoms with Gasteiger partial charge in [0.05, 0.1) is 5.41 Å². The quantitative estimate of drug-likeness (QED) is 0.941. The molecule has 4 rings (SSSR count). The molecule has 2 atom stereocenters. The Labute approximate surface area is 142 Å². The summed E-state index contributed by atoms with van der Waals surface area (Å²) >= 11 is 0. The summed E-state index contributed by atoms with van der Waals surface area (Å²) in [5, 5.41) is 3.04.